The summed E-state index contributed by atoms with van der Waals surface area (Å²) >= 11 is 1.12. The Bertz CT molecular complexity index is 776. The van der Waals surface area contributed by atoms with Gasteiger partial charge in [0.25, 0.3) is 5.91 Å². The molecule has 0 bridgehead atoms. The van der Waals surface area contributed by atoms with Gasteiger partial charge in [-0.25, -0.2) is 4.79 Å². The molecule has 2 amide bonds. The van der Waals surface area contributed by atoms with Crippen LogP contribution in [0.4, 0.5) is 5.00 Å². The van der Waals surface area contributed by atoms with Crippen LogP contribution in [-0.4, -0.2) is 92.5 Å². The van der Waals surface area contributed by atoms with Crippen molar-refractivity contribution in [2.24, 2.45) is 0 Å². The van der Waals surface area contributed by atoms with Gasteiger partial charge in [0.05, 0.1) is 24.1 Å². The summed E-state index contributed by atoms with van der Waals surface area (Å²) in [4.78, 5) is 43.8. The summed E-state index contributed by atoms with van der Waals surface area (Å²) in [5, 5.41) is 3.21. The fourth-order valence-corrected chi connectivity index (χ4v) is 5.16. The Kier molecular flexibility index (Phi) is 6.36. The molecule has 2 aliphatic heterocycles. The molecular formula is C19H28N4O4S. The predicted molar refractivity (Wildman–Crippen MR) is 108 cm³/mol. The van der Waals surface area contributed by atoms with E-state index in [0.717, 1.165) is 37.5 Å². The highest BCUT2D eigenvalue weighted by atomic mass is 32.1. The highest BCUT2D eigenvalue weighted by molar-refractivity contribution is 7.18. The maximum absolute atomic E-state index is 12.7. The van der Waals surface area contributed by atoms with Gasteiger partial charge < -0.3 is 15.0 Å². The number of ether oxygens (including phenoxy) is 1. The van der Waals surface area contributed by atoms with E-state index in [1.54, 1.807) is 21.0 Å². The van der Waals surface area contributed by atoms with Gasteiger partial charge in [-0.15, -0.1) is 11.3 Å². The molecular weight excluding hydrogens is 380 g/mol. The fourth-order valence-electron chi connectivity index (χ4n) is 3.92. The van der Waals surface area contributed by atoms with Crippen molar-refractivity contribution >= 4 is 34.1 Å². The number of fused-ring (bicyclic) bond motifs is 1. The number of nitrogens with zero attached hydrogens (tertiary/aromatic N) is 3. The molecule has 2 aliphatic rings. The van der Waals surface area contributed by atoms with E-state index in [0.29, 0.717) is 21.5 Å². The van der Waals surface area contributed by atoms with Crippen LogP contribution in [0.5, 0.6) is 0 Å². The average molecular weight is 409 g/mol. The third-order valence-corrected chi connectivity index (χ3v) is 6.62. The first kappa shape index (κ1) is 20.8. The molecule has 154 valence electrons. The van der Waals surface area contributed by atoms with E-state index in [9.17, 15) is 14.4 Å². The summed E-state index contributed by atoms with van der Waals surface area (Å²) in [7, 11) is 4.60. The van der Waals surface area contributed by atoms with Crippen LogP contribution >= 0.6 is 11.3 Å². The summed E-state index contributed by atoms with van der Waals surface area (Å²) in [6.07, 6.45) is 2.41. The van der Waals surface area contributed by atoms with Crippen molar-refractivity contribution in [2.45, 2.75) is 25.8 Å². The summed E-state index contributed by atoms with van der Waals surface area (Å²) in [5.74, 6) is -0.936. The number of hydrogen-bond donors (Lipinski definition) is 1. The lowest BCUT2D eigenvalue weighted by molar-refractivity contribution is -0.117. The number of thiophene rings is 1. The van der Waals surface area contributed by atoms with E-state index in [-0.39, 0.29) is 23.9 Å². The second kappa shape index (κ2) is 8.59. The normalized spacial score (nSPS) is 19.9. The molecule has 3 rings (SSSR count). The Morgan fingerprint density at radius 1 is 1.25 bits per heavy atom. The second-order valence-corrected chi connectivity index (χ2v) is 8.59. The highest BCUT2D eigenvalue weighted by Gasteiger charge is 2.32. The largest absolute Gasteiger partial charge is 0.465 e. The lowest BCUT2D eigenvalue weighted by Crippen LogP contribution is -2.51. The molecule has 0 aliphatic carbocycles. The lowest BCUT2D eigenvalue weighted by Gasteiger charge is -2.37. The van der Waals surface area contributed by atoms with E-state index >= 15 is 0 Å². The molecule has 1 N–H and O–H groups in total. The molecule has 1 atom stereocenters. The van der Waals surface area contributed by atoms with Gasteiger partial charge in [-0.3, -0.25) is 19.4 Å². The molecule has 1 aromatic rings. The number of carbonyl (C=O) groups excluding carboxylic acids is 3. The molecule has 0 saturated carbocycles. The van der Waals surface area contributed by atoms with Crippen molar-refractivity contribution in [2.75, 3.05) is 59.2 Å². The highest BCUT2D eigenvalue weighted by Crippen LogP contribution is 2.34. The van der Waals surface area contributed by atoms with Crippen molar-refractivity contribution < 1.29 is 19.1 Å². The molecule has 0 aromatic carbocycles. The standard InChI is InChI=1S/C19H28N4O4S/c1-12-15(19(26)27-4)17(28-16(12)18(25)21(2)3)20-14(24)11-22-8-9-23-7-5-6-13(23)10-22/h13H,5-11H2,1-4H3,(H,20,24). The summed E-state index contributed by atoms with van der Waals surface area (Å²) in [6, 6.07) is 0.542. The van der Waals surface area contributed by atoms with Crippen molar-refractivity contribution in [3.63, 3.8) is 0 Å². The number of esters is 1. The van der Waals surface area contributed by atoms with Crippen molar-refractivity contribution in [1.82, 2.24) is 14.7 Å². The van der Waals surface area contributed by atoms with Crippen LogP contribution in [0.3, 0.4) is 0 Å². The Balaban J connectivity index is 1.73. The number of amides is 2. The fraction of sp³-hybridized carbons (Fsp3) is 0.632. The Morgan fingerprint density at radius 3 is 2.68 bits per heavy atom. The quantitative estimate of drug-likeness (QED) is 0.739. The maximum Gasteiger partial charge on any atom is 0.341 e. The van der Waals surface area contributed by atoms with Crippen LogP contribution in [0.15, 0.2) is 0 Å². The first-order valence-corrected chi connectivity index (χ1v) is 10.3. The minimum Gasteiger partial charge on any atom is -0.465 e. The van der Waals surface area contributed by atoms with Crippen molar-refractivity contribution in [3.8, 4) is 0 Å². The molecule has 28 heavy (non-hydrogen) atoms. The molecule has 2 saturated heterocycles. The van der Waals surface area contributed by atoms with Crippen LogP contribution in [0, 0.1) is 6.92 Å². The smallest absolute Gasteiger partial charge is 0.341 e. The number of carbonyl (C=O) groups is 3. The van der Waals surface area contributed by atoms with Gasteiger partial charge in [-0.2, -0.15) is 0 Å². The summed E-state index contributed by atoms with van der Waals surface area (Å²) in [6.45, 7) is 5.88. The van der Waals surface area contributed by atoms with E-state index in [2.05, 4.69) is 15.1 Å². The number of nitrogens with one attached hydrogen (secondary N) is 1. The van der Waals surface area contributed by atoms with Gasteiger partial charge in [0.2, 0.25) is 5.91 Å². The lowest BCUT2D eigenvalue weighted by atomic mass is 10.1. The number of piperazine rings is 1. The summed E-state index contributed by atoms with van der Waals surface area (Å²) in [5.41, 5.74) is 0.789. The predicted octanol–water partition coefficient (Wildman–Crippen LogP) is 1.26. The van der Waals surface area contributed by atoms with Crippen LogP contribution < -0.4 is 5.32 Å². The molecule has 0 spiro atoms. The first-order valence-electron chi connectivity index (χ1n) is 9.51. The number of hydrogen-bond acceptors (Lipinski definition) is 7. The second-order valence-electron chi connectivity index (χ2n) is 7.57. The van der Waals surface area contributed by atoms with Crippen LogP contribution in [0.1, 0.15) is 38.4 Å². The van der Waals surface area contributed by atoms with Crippen LogP contribution in [-0.2, 0) is 9.53 Å². The molecule has 8 nitrogen and oxygen atoms in total. The molecule has 2 fully saturated rings. The third kappa shape index (κ3) is 4.21. The number of methoxy groups -OCH3 is 1. The first-order chi connectivity index (χ1) is 13.3. The van der Waals surface area contributed by atoms with Gasteiger partial charge in [0, 0.05) is 39.8 Å². The molecule has 0 radical (unpaired) electrons. The Morgan fingerprint density at radius 2 is 2.00 bits per heavy atom. The molecule has 9 heteroatoms. The Labute approximate surface area is 169 Å². The zero-order chi connectivity index (χ0) is 20.4. The Hall–Kier alpha value is -1.97. The minimum atomic E-state index is -0.554. The summed E-state index contributed by atoms with van der Waals surface area (Å²) < 4.78 is 4.87. The van der Waals surface area contributed by atoms with Gasteiger partial charge in [-0.05, 0) is 31.9 Å². The zero-order valence-electron chi connectivity index (χ0n) is 16.9. The van der Waals surface area contributed by atoms with Crippen molar-refractivity contribution in [1.29, 1.82) is 0 Å². The van der Waals surface area contributed by atoms with E-state index in [4.69, 9.17) is 4.74 Å². The molecule has 3 heterocycles. The topological polar surface area (TPSA) is 82.2 Å². The molecule has 1 aromatic heterocycles. The monoisotopic (exact) mass is 408 g/mol. The van der Waals surface area contributed by atoms with Gasteiger partial charge in [0.1, 0.15) is 5.00 Å². The SMILES string of the molecule is COC(=O)c1c(NC(=O)CN2CCN3CCCC3C2)sc(C(=O)N(C)C)c1C. The van der Waals surface area contributed by atoms with E-state index in [1.165, 1.54) is 24.9 Å². The number of anilines is 1. The van der Waals surface area contributed by atoms with Gasteiger partial charge in [0.15, 0.2) is 0 Å². The maximum atomic E-state index is 12.7. The zero-order valence-corrected chi connectivity index (χ0v) is 17.7. The van der Waals surface area contributed by atoms with Gasteiger partial charge in [-0.1, -0.05) is 0 Å². The number of rotatable bonds is 5. The third-order valence-electron chi connectivity index (χ3n) is 5.43. The van der Waals surface area contributed by atoms with E-state index in [1.807, 2.05) is 0 Å². The van der Waals surface area contributed by atoms with Crippen molar-refractivity contribution in [3.05, 3.63) is 16.0 Å². The minimum absolute atomic E-state index is 0.179. The molecule has 1 unspecified atom stereocenters. The van der Waals surface area contributed by atoms with Gasteiger partial charge >= 0.3 is 5.97 Å². The van der Waals surface area contributed by atoms with Crippen LogP contribution in [0.2, 0.25) is 0 Å². The van der Waals surface area contributed by atoms with Crippen LogP contribution in [0.25, 0.3) is 0 Å². The average Bonchev–Trinajstić information content (AvgIpc) is 3.24. The van der Waals surface area contributed by atoms with E-state index < -0.39 is 5.97 Å².